The number of hydrogen-bond donors (Lipinski definition) is 1. The van der Waals surface area contributed by atoms with Crippen molar-refractivity contribution >= 4 is 11.9 Å². The first-order valence-electron chi connectivity index (χ1n) is 8.19. The summed E-state index contributed by atoms with van der Waals surface area (Å²) < 4.78 is 0. The fourth-order valence-corrected chi connectivity index (χ4v) is 2.13. The molecule has 1 unspecified atom stereocenters. The summed E-state index contributed by atoms with van der Waals surface area (Å²) in [6.07, 6.45) is 4.94. The Morgan fingerprint density at radius 1 is 1.00 bits per heavy atom. The maximum Gasteiger partial charge on any atom is 0.317 e. The lowest BCUT2D eigenvalue weighted by Gasteiger charge is -2.30. The smallest absolute Gasteiger partial charge is 0.317 e. The SMILES string of the molecule is CCCCN(CCCC)C(=O)CN(CC(=O)O)C(C)CC. The highest BCUT2D eigenvalue weighted by Crippen LogP contribution is 2.06. The maximum absolute atomic E-state index is 12.5. The number of amides is 1. The van der Waals surface area contributed by atoms with Crippen molar-refractivity contribution in [2.45, 2.75) is 65.8 Å². The largest absolute Gasteiger partial charge is 0.480 e. The molecular formula is C16H32N2O3. The second-order valence-electron chi connectivity index (χ2n) is 5.64. The Bertz CT molecular complexity index is 300. The van der Waals surface area contributed by atoms with E-state index in [4.69, 9.17) is 5.11 Å². The standard InChI is InChI=1S/C16H32N2O3/c1-5-8-10-17(11-9-6-2)15(19)12-18(13-16(20)21)14(4)7-3/h14H,5-13H2,1-4H3,(H,20,21). The molecule has 5 heteroatoms. The van der Waals surface area contributed by atoms with E-state index in [-0.39, 0.29) is 25.0 Å². The van der Waals surface area contributed by atoms with Gasteiger partial charge >= 0.3 is 5.97 Å². The third-order valence-electron chi connectivity index (χ3n) is 3.81. The number of carbonyl (C=O) groups is 2. The van der Waals surface area contributed by atoms with E-state index in [0.717, 1.165) is 45.2 Å². The van der Waals surface area contributed by atoms with Gasteiger partial charge in [0.2, 0.25) is 5.91 Å². The van der Waals surface area contributed by atoms with E-state index >= 15 is 0 Å². The van der Waals surface area contributed by atoms with E-state index in [1.807, 2.05) is 18.7 Å². The molecule has 0 rings (SSSR count). The number of carboxylic acids is 1. The molecule has 1 amide bonds. The van der Waals surface area contributed by atoms with Gasteiger partial charge in [0.1, 0.15) is 0 Å². The summed E-state index contributed by atoms with van der Waals surface area (Å²) in [7, 11) is 0. The summed E-state index contributed by atoms with van der Waals surface area (Å²) in [5.74, 6) is -0.824. The zero-order valence-corrected chi connectivity index (χ0v) is 14.1. The number of aliphatic carboxylic acids is 1. The van der Waals surface area contributed by atoms with Crippen molar-refractivity contribution in [3.05, 3.63) is 0 Å². The minimum atomic E-state index is -0.878. The highest BCUT2D eigenvalue weighted by Gasteiger charge is 2.21. The maximum atomic E-state index is 12.5. The van der Waals surface area contributed by atoms with Crippen molar-refractivity contribution < 1.29 is 14.7 Å². The van der Waals surface area contributed by atoms with Crippen LogP contribution in [-0.2, 0) is 9.59 Å². The lowest BCUT2D eigenvalue weighted by atomic mass is 10.2. The third-order valence-corrected chi connectivity index (χ3v) is 3.81. The molecule has 0 aromatic heterocycles. The number of rotatable bonds is 12. The molecule has 5 nitrogen and oxygen atoms in total. The predicted octanol–water partition coefficient (Wildman–Crippen LogP) is 2.60. The quantitative estimate of drug-likeness (QED) is 0.602. The number of nitrogens with zero attached hydrogens (tertiary/aromatic N) is 2. The molecule has 124 valence electrons. The summed E-state index contributed by atoms with van der Waals surface area (Å²) in [6, 6.07) is 0.101. The van der Waals surface area contributed by atoms with E-state index in [2.05, 4.69) is 13.8 Å². The minimum absolute atomic E-state index is 0.0541. The highest BCUT2D eigenvalue weighted by molar-refractivity contribution is 5.79. The van der Waals surface area contributed by atoms with Gasteiger partial charge in [-0.3, -0.25) is 14.5 Å². The van der Waals surface area contributed by atoms with Crippen LogP contribution < -0.4 is 0 Å². The highest BCUT2D eigenvalue weighted by atomic mass is 16.4. The molecule has 0 spiro atoms. The molecule has 0 bridgehead atoms. The van der Waals surface area contributed by atoms with Crippen molar-refractivity contribution in [1.82, 2.24) is 9.80 Å². The number of carbonyl (C=O) groups excluding carboxylic acids is 1. The average Bonchev–Trinajstić information content (AvgIpc) is 2.45. The van der Waals surface area contributed by atoms with Crippen LogP contribution in [0.25, 0.3) is 0 Å². The molecule has 1 N–H and O–H groups in total. The van der Waals surface area contributed by atoms with Gasteiger partial charge in [-0.25, -0.2) is 0 Å². The lowest BCUT2D eigenvalue weighted by Crippen LogP contribution is -2.46. The fourth-order valence-electron chi connectivity index (χ4n) is 2.13. The molecule has 0 aliphatic rings. The molecule has 0 aliphatic heterocycles. The van der Waals surface area contributed by atoms with Crippen LogP contribution in [0.4, 0.5) is 0 Å². The van der Waals surface area contributed by atoms with E-state index in [9.17, 15) is 9.59 Å². The first-order chi connectivity index (χ1) is 9.96. The molecular weight excluding hydrogens is 268 g/mol. The Morgan fingerprint density at radius 3 is 1.90 bits per heavy atom. The van der Waals surface area contributed by atoms with Crippen LogP contribution >= 0.6 is 0 Å². The van der Waals surface area contributed by atoms with Crippen LogP contribution in [0, 0.1) is 0 Å². The lowest BCUT2D eigenvalue weighted by molar-refractivity contribution is -0.140. The van der Waals surface area contributed by atoms with Crippen molar-refractivity contribution in [2.75, 3.05) is 26.2 Å². The molecule has 0 fully saturated rings. The van der Waals surface area contributed by atoms with Gasteiger partial charge in [-0.05, 0) is 26.2 Å². The Balaban J connectivity index is 4.66. The van der Waals surface area contributed by atoms with Gasteiger partial charge in [-0.1, -0.05) is 33.6 Å². The van der Waals surface area contributed by atoms with Crippen LogP contribution in [0.3, 0.4) is 0 Å². The molecule has 0 aromatic rings. The summed E-state index contributed by atoms with van der Waals surface area (Å²) in [5, 5.41) is 9.00. The fraction of sp³-hybridized carbons (Fsp3) is 0.875. The van der Waals surface area contributed by atoms with Crippen molar-refractivity contribution in [3.63, 3.8) is 0 Å². The van der Waals surface area contributed by atoms with Gasteiger partial charge in [0.15, 0.2) is 0 Å². The molecule has 1 atom stereocenters. The molecule has 0 saturated carbocycles. The van der Waals surface area contributed by atoms with Crippen molar-refractivity contribution in [3.8, 4) is 0 Å². The van der Waals surface area contributed by atoms with Crippen LogP contribution in [0.1, 0.15) is 59.8 Å². The molecule has 0 aromatic carbocycles. The molecule has 0 radical (unpaired) electrons. The normalized spacial score (nSPS) is 12.4. The molecule has 0 saturated heterocycles. The van der Waals surface area contributed by atoms with E-state index in [1.165, 1.54) is 0 Å². The first-order valence-corrected chi connectivity index (χ1v) is 8.19. The zero-order valence-electron chi connectivity index (χ0n) is 14.1. The summed E-state index contributed by atoms with van der Waals surface area (Å²) in [4.78, 5) is 27.1. The third kappa shape index (κ3) is 8.71. The zero-order chi connectivity index (χ0) is 16.3. The molecule has 0 heterocycles. The van der Waals surface area contributed by atoms with Crippen LogP contribution in [0.5, 0.6) is 0 Å². The second kappa shape index (κ2) is 11.5. The second-order valence-corrected chi connectivity index (χ2v) is 5.64. The molecule has 0 aliphatic carbocycles. The van der Waals surface area contributed by atoms with E-state index in [1.54, 1.807) is 4.90 Å². The summed E-state index contributed by atoms with van der Waals surface area (Å²) >= 11 is 0. The van der Waals surface area contributed by atoms with Crippen LogP contribution in [0.15, 0.2) is 0 Å². The van der Waals surface area contributed by atoms with Crippen LogP contribution in [0.2, 0.25) is 0 Å². The summed E-state index contributed by atoms with van der Waals surface area (Å²) in [5.41, 5.74) is 0. The average molecular weight is 300 g/mol. The summed E-state index contributed by atoms with van der Waals surface area (Å²) in [6.45, 7) is 9.88. The van der Waals surface area contributed by atoms with Gasteiger partial charge in [-0.15, -0.1) is 0 Å². The number of unbranched alkanes of at least 4 members (excludes halogenated alkanes) is 2. The first kappa shape index (κ1) is 19.9. The Labute approximate surface area is 129 Å². The van der Waals surface area contributed by atoms with Gasteiger partial charge in [0.25, 0.3) is 0 Å². The topological polar surface area (TPSA) is 60.9 Å². The Morgan fingerprint density at radius 2 is 1.52 bits per heavy atom. The number of hydrogen-bond acceptors (Lipinski definition) is 3. The number of carboxylic acid groups (broad SMARTS) is 1. The predicted molar refractivity (Wildman–Crippen MR) is 85.4 cm³/mol. The molecule has 21 heavy (non-hydrogen) atoms. The van der Waals surface area contributed by atoms with Gasteiger partial charge < -0.3 is 10.0 Å². The van der Waals surface area contributed by atoms with Crippen molar-refractivity contribution in [1.29, 1.82) is 0 Å². The van der Waals surface area contributed by atoms with Crippen LogP contribution in [-0.4, -0.2) is 59.0 Å². The Hall–Kier alpha value is -1.10. The van der Waals surface area contributed by atoms with Gasteiger partial charge in [0.05, 0.1) is 13.1 Å². The minimum Gasteiger partial charge on any atom is -0.480 e. The Kier molecular flexibility index (Phi) is 10.9. The van der Waals surface area contributed by atoms with E-state index in [0.29, 0.717) is 0 Å². The van der Waals surface area contributed by atoms with Crippen molar-refractivity contribution in [2.24, 2.45) is 0 Å². The van der Waals surface area contributed by atoms with Gasteiger partial charge in [-0.2, -0.15) is 0 Å². The van der Waals surface area contributed by atoms with Gasteiger partial charge in [0, 0.05) is 19.1 Å². The van der Waals surface area contributed by atoms with E-state index < -0.39 is 5.97 Å². The monoisotopic (exact) mass is 300 g/mol.